The molecule has 1 aromatic rings. The number of nitrogens with one attached hydrogen (secondary N) is 2. The summed E-state index contributed by atoms with van der Waals surface area (Å²) < 4.78 is 0. The number of anilines is 1. The highest BCUT2D eigenvalue weighted by Crippen LogP contribution is 2.08. The molecule has 0 aromatic carbocycles. The van der Waals surface area contributed by atoms with Gasteiger partial charge >= 0.3 is 0 Å². The van der Waals surface area contributed by atoms with Crippen molar-refractivity contribution >= 4 is 28.9 Å². The number of hydrogen-bond acceptors (Lipinski definition) is 5. The van der Waals surface area contributed by atoms with Crippen LogP contribution in [0.2, 0.25) is 0 Å². The lowest BCUT2D eigenvalue weighted by molar-refractivity contribution is -0.119. The summed E-state index contributed by atoms with van der Waals surface area (Å²) in [6, 6.07) is 0.166. The number of carbonyl (C=O) groups is 1. The van der Waals surface area contributed by atoms with E-state index in [4.69, 9.17) is 18.0 Å². The van der Waals surface area contributed by atoms with Crippen molar-refractivity contribution in [2.24, 2.45) is 5.73 Å². The van der Waals surface area contributed by atoms with E-state index in [1.807, 2.05) is 0 Å². The van der Waals surface area contributed by atoms with Crippen LogP contribution in [0.5, 0.6) is 0 Å². The van der Waals surface area contributed by atoms with Gasteiger partial charge in [-0.25, -0.2) is 9.97 Å². The summed E-state index contributed by atoms with van der Waals surface area (Å²) in [5, 5.41) is 5.96. The Morgan fingerprint density at radius 2 is 2.41 bits per heavy atom. The minimum absolute atomic E-state index is 0.103. The molecule has 90 valence electrons. The fraction of sp³-hybridized carbons (Fsp3) is 0.400. The first-order valence-electron chi connectivity index (χ1n) is 5.30. The summed E-state index contributed by atoms with van der Waals surface area (Å²) in [5.74, 6) is 0.748. The van der Waals surface area contributed by atoms with Crippen LogP contribution in [0.3, 0.4) is 0 Å². The third-order valence-corrected chi connectivity index (χ3v) is 2.73. The van der Waals surface area contributed by atoms with Crippen LogP contribution in [0.4, 0.5) is 5.82 Å². The molecule has 2 heterocycles. The molecular weight excluding hydrogens is 238 g/mol. The summed E-state index contributed by atoms with van der Waals surface area (Å²) in [5.41, 5.74) is 5.91. The number of hydrogen-bond donors (Lipinski definition) is 3. The first-order valence-corrected chi connectivity index (χ1v) is 5.71. The normalized spacial score (nSPS) is 18.8. The molecule has 1 aromatic heterocycles. The molecule has 1 aliphatic heterocycles. The molecule has 0 aliphatic carbocycles. The molecule has 17 heavy (non-hydrogen) atoms. The monoisotopic (exact) mass is 251 g/mol. The lowest BCUT2D eigenvalue weighted by Gasteiger charge is -2.11. The summed E-state index contributed by atoms with van der Waals surface area (Å²) >= 11 is 4.78. The van der Waals surface area contributed by atoms with E-state index in [0.717, 1.165) is 6.42 Å². The predicted molar refractivity (Wildman–Crippen MR) is 67.6 cm³/mol. The molecule has 1 atom stereocenters. The Balaban J connectivity index is 1.87. The summed E-state index contributed by atoms with van der Waals surface area (Å²) in [6.07, 6.45) is 4.55. The molecule has 1 unspecified atom stereocenters. The maximum Gasteiger partial charge on any atom is 0.220 e. The van der Waals surface area contributed by atoms with E-state index < -0.39 is 0 Å². The zero-order valence-corrected chi connectivity index (χ0v) is 9.96. The van der Waals surface area contributed by atoms with Gasteiger partial charge in [-0.2, -0.15) is 0 Å². The van der Waals surface area contributed by atoms with Crippen LogP contribution in [-0.4, -0.2) is 33.5 Å². The number of amides is 1. The van der Waals surface area contributed by atoms with Crippen LogP contribution in [0, 0.1) is 0 Å². The fourth-order valence-electron chi connectivity index (χ4n) is 1.60. The second-order valence-electron chi connectivity index (χ2n) is 3.84. The minimum atomic E-state index is 0.103. The van der Waals surface area contributed by atoms with Crippen molar-refractivity contribution in [1.82, 2.24) is 15.3 Å². The average Bonchev–Trinajstić information content (AvgIpc) is 2.73. The Morgan fingerprint density at radius 1 is 1.59 bits per heavy atom. The van der Waals surface area contributed by atoms with Crippen LogP contribution in [0.25, 0.3) is 0 Å². The summed E-state index contributed by atoms with van der Waals surface area (Å²) in [7, 11) is 0. The second-order valence-corrected chi connectivity index (χ2v) is 4.27. The van der Waals surface area contributed by atoms with Crippen LogP contribution in [-0.2, 0) is 4.79 Å². The van der Waals surface area contributed by atoms with E-state index in [0.29, 0.717) is 24.5 Å². The van der Waals surface area contributed by atoms with Gasteiger partial charge in [0.25, 0.3) is 0 Å². The van der Waals surface area contributed by atoms with Gasteiger partial charge in [-0.1, -0.05) is 12.2 Å². The van der Waals surface area contributed by atoms with Gasteiger partial charge in [-0.15, -0.1) is 0 Å². The number of thiocarbonyl (C=S) groups is 1. The molecule has 1 fully saturated rings. The molecule has 4 N–H and O–H groups in total. The van der Waals surface area contributed by atoms with Gasteiger partial charge in [-0.05, 0) is 6.42 Å². The predicted octanol–water partition coefficient (Wildman–Crippen LogP) is -0.199. The van der Waals surface area contributed by atoms with Crippen LogP contribution >= 0.6 is 12.2 Å². The zero-order chi connectivity index (χ0) is 12.3. The molecule has 0 saturated carbocycles. The molecule has 1 saturated heterocycles. The van der Waals surface area contributed by atoms with Gasteiger partial charge in [0, 0.05) is 19.0 Å². The quantitative estimate of drug-likeness (QED) is 0.642. The topological polar surface area (TPSA) is 92.9 Å². The van der Waals surface area contributed by atoms with Crippen molar-refractivity contribution in [2.45, 2.75) is 18.9 Å². The van der Waals surface area contributed by atoms with Crippen molar-refractivity contribution in [3.8, 4) is 0 Å². The van der Waals surface area contributed by atoms with Gasteiger partial charge < -0.3 is 16.4 Å². The molecule has 1 amide bonds. The minimum Gasteiger partial charge on any atom is -0.388 e. The van der Waals surface area contributed by atoms with E-state index in [2.05, 4.69) is 20.6 Å². The van der Waals surface area contributed by atoms with Crippen molar-refractivity contribution in [1.29, 1.82) is 0 Å². The molecule has 0 spiro atoms. The largest absolute Gasteiger partial charge is 0.388 e. The van der Waals surface area contributed by atoms with Gasteiger partial charge in [0.05, 0.1) is 12.4 Å². The lowest BCUT2D eigenvalue weighted by atomic mass is 10.2. The van der Waals surface area contributed by atoms with Crippen molar-refractivity contribution in [3.05, 3.63) is 18.1 Å². The molecule has 1 aliphatic rings. The molecule has 2 rings (SSSR count). The molecule has 0 bridgehead atoms. The summed E-state index contributed by atoms with van der Waals surface area (Å²) in [6.45, 7) is 0.646. The van der Waals surface area contributed by atoms with E-state index >= 15 is 0 Å². The van der Waals surface area contributed by atoms with Crippen LogP contribution in [0.1, 0.15) is 18.5 Å². The highest BCUT2D eigenvalue weighted by molar-refractivity contribution is 7.80. The average molecular weight is 251 g/mol. The maximum atomic E-state index is 11.0. The molecular formula is C10H13N5OS. The smallest absolute Gasteiger partial charge is 0.220 e. The third-order valence-electron chi connectivity index (χ3n) is 2.52. The van der Waals surface area contributed by atoms with Crippen molar-refractivity contribution in [2.75, 3.05) is 11.9 Å². The third kappa shape index (κ3) is 3.10. The fourth-order valence-corrected chi connectivity index (χ4v) is 1.71. The lowest BCUT2D eigenvalue weighted by Crippen LogP contribution is -2.32. The van der Waals surface area contributed by atoms with Gasteiger partial charge in [0.15, 0.2) is 0 Å². The Kier molecular flexibility index (Phi) is 3.48. The second kappa shape index (κ2) is 5.05. The first-order chi connectivity index (χ1) is 8.15. The number of aromatic nitrogens is 2. The number of rotatable bonds is 4. The van der Waals surface area contributed by atoms with Gasteiger partial charge in [0.2, 0.25) is 5.91 Å². The highest BCUT2D eigenvalue weighted by Gasteiger charge is 2.20. The summed E-state index contributed by atoms with van der Waals surface area (Å²) in [4.78, 5) is 19.4. The van der Waals surface area contributed by atoms with Crippen molar-refractivity contribution < 1.29 is 4.79 Å². The SMILES string of the molecule is NC(=S)c1cnc(NCC2CCC(=O)N2)cn1. The first kappa shape index (κ1) is 11.7. The van der Waals surface area contributed by atoms with Crippen molar-refractivity contribution in [3.63, 3.8) is 0 Å². The molecule has 0 radical (unpaired) electrons. The standard InChI is InChI=1S/C10H13N5OS/c11-10(17)7-4-14-8(5-12-7)13-3-6-1-2-9(16)15-6/h4-6H,1-3H2,(H2,11,17)(H,13,14)(H,15,16). The van der Waals surface area contributed by atoms with E-state index in [-0.39, 0.29) is 16.9 Å². The van der Waals surface area contributed by atoms with E-state index in [1.165, 1.54) is 6.20 Å². The van der Waals surface area contributed by atoms with Gasteiger partial charge in [0.1, 0.15) is 16.5 Å². The number of nitrogens with two attached hydrogens (primary N) is 1. The Bertz CT molecular complexity index is 433. The van der Waals surface area contributed by atoms with Crippen LogP contribution < -0.4 is 16.4 Å². The van der Waals surface area contributed by atoms with E-state index in [9.17, 15) is 4.79 Å². The number of carbonyl (C=O) groups excluding carboxylic acids is 1. The molecule has 6 nitrogen and oxygen atoms in total. The Morgan fingerprint density at radius 3 is 2.94 bits per heavy atom. The van der Waals surface area contributed by atoms with Gasteiger partial charge in [-0.3, -0.25) is 4.79 Å². The van der Waals surface area contributed by atoms with Crippen LogP contribution in [0.15, 0.2) is 12.4 Å². The maximum absolute atomic E-state index is 11.0. The zero-order valence-electron chi connectivity index (χ0n) is 9.14. The Hall–Kier alpha value is -1.76. The molecule has 7 heteroatoms. The highest BCUT2D eigenvalue weighted by atomic mass is 32.1. The Labute approximate surface area is 104 Å². The van der Waals surface area contributed by atoms with E-state index in [1.54, 1.807) is 6.20 Å². The number of nitrogens with zero attached hydrogens (tertiary/aromatic N) is 2.